The van der Waals surface area contributed by atoms with Crippen LogP contribution in [0.5, 0.6) is 0 Å². The number of nitrogens with two attached hydrogens (primary N) is 1. The van der Waals surface area contributed by atoms with Gasteiger partial charge in [0.1, 0.15) is 11.9 Å². The molecule has 3 N–H and O–H groups in total. The second-order valence-corrected chi connectivity index (χ2v) is 4.50. The van der Waals surface area contributed by atoms with Crippen molar-refractivity contribution in [3.63, 3.8) is 0 Å². The van der Waals surface area contributed by atoms with E-state index in [2.05, 4.69) is 15.4 Å². The molecule has 5 heteroatoms. The Bertz CT molecular complexity index is 352. The number of nitrogens with one attached hydrogen (secondary N) is 1. The van der Waals surface area contributed by atoms with E-state index in [-0.39, 0.29) is 6.10 Å². The van der Waals surface area contributed by atoms with Crippen LogP contribution in [-0.2, 0) is 4.74 Å². The minimum Gasteiger partial charge on any atom is -0.373 e. The maximum Gasteiger partial charge on any atom is 0.159 e. The van der Waals surface area contributed by atoms with Crippen molar-refractivity contribution in [3.8, 4) is 0 Å². The van der Waals surface area contributed by atoms with Crippen LogP contribution in [0.3, 0.4) is 0 Å². The number of hydrazine groups is 1. The second-order valence-electron chi connectivity index (χ2n) is 4.50. The summed E-state index contributed by atoms with van der Waals surface area (Å²) in [4.78, 5) is 8.67. The zero-order valence-corrected chi connectivity index (χ0v) is 10.2. The quantitative estimate of drug-likeness (QED) is 0.618. The molecule has 94 valence electrons. The lowest BCUT2D eigenvalue weighted by Gasteiger charge is -2.28. The molecule has 0 bridgehead atoms. The summed E-state index contributed by atoms with van der Waals surface area (Å²) < 4.78 is 5.58. The number of aromatic nitrogens is 2. The van der Waals surface area contributed by atoms with Gasteiger partial charge in [-0.2, -0.15) is 0 Å². The summed E-state index contributed by atoms with van der Waals surface area (Å²) in [6, 6.07) is 1.75. The maximum atomic E-state index is 5.58. The molecule has 1 heterocycles. The maximum absolute atomic E-state index is 5.58. The predicted octanol–water partition coefficient (Wildman–Crippen LogP) is 2.03. The van der Waals surface area contributed by atoms with E-state index in [1.54, 1.807) is 19.4 Å². The molecule has 0 aliphatic heterocycles. The zero-order valence-electron chi connectivity index (χ0n) is 10.2. The largest absolute Gasteiger partial charge is 0.373 e. The molecule has 1 aliphatic carbocycles. The van der Waals surface area contributed by atoms with Crippen molar-refractivity contribution < 1.29 is 4.74 Å². The van der Waals surface area contributed by atoms with Crippen LogP contribution in [0.4, 0.5) is 5.82 Å². The minimum atomic E-state index is -0.0106. The van der Waals surface area contributed by atoms with Crippen molar-refractivity contribution >= 4 is 5.82 Å². The Balaban J connectivity index is 2.15. The SMILES string of the molecule is COC(c1nccc(NN)n1)C1CCCCC1. The van der Waals surface area contributed by atoms with Gasteiger partial charge in [-0.25, -0.2) is 15.8 Å². The molecule has 1 atom stereocenters. The smallest absolute Gasteiger partial charge is 0.159 e. The molecule has 17 heavy (non-hydrogen) atoms. The van der Waals surface area contributed by atoms with E-state index in [9.17, 15) is 0 Å². The molecule has 0 radical (unpaired) electrons. The first-order chi connectivity index (χ1) is 8.35. The van der Waals surface area contributed by atoms with Gasteiger partial charge in [0.2, 0.25) is 0 Å². The van der Waals surface area contributed by atoms with E-state index in [0.29, 0.717) is 11.7 Å². The van der Waals surface area contributed by atoms with Gasteiger partial charge in [0.15, 0.2) is 5.82 Å². The number of rotatable bonds is 4. The number of hydrogen-bond donors (Lipinski definition) is 2. The van der Waals surface area contributed by atoms with Crippen LogP contribution in [0.2, 0.25) is 0 Å². The molecular formula is C12H20N4O. The van der Waals surface area contributed by atoms with Gasteiger partial charge in [-0.05, 0) is 18.8 Å². The number of methoxy groups -OCH3 is 1. The Hall–Kier alpha value is -1.20. The summed E-state index contributed by atoms with van der Waals surface area (Å²) in [5.41, 5.74) is 2.54. The molecule has 1 unspecified atom stereocenters. The number of nitrogens with zero attached hydrogens (tertiary/aromatic N) is 2. The molecule has 2 rings (SSSR count). The van der Waals surface area contributed by atoms with E-state index in [0.717, 1.165) is 5.82 Å². The molecule has 0 saturated heterocycles. The average molecular weight is 236 g/mol. The fraction of sp³-hybridized carbons (Fsp3) is 0.667. The normalized spacial score (nSPS) is 18.9. The van der Waals surface area contributed by atoms with Gasteiger partial charge in [0, 0.05) is 19.4 Å². The summed E-state index contributed by atoms with van der Waals surface area (Å²) in [6.45, 7) is 0. The molecule has 1 aromatic heterocycles. The van der Waals surface area contributed by atoms with Crippen molar-refractivity contribution in [1.29, 1.82) is 0 Å². The van der Waals surface area contributed by atoms with Crippen LogP contribution in [-0.4, -0.2) is 17.1 Å². The van der Waals surface area contributed by atoms with Crippen molar-refractivity contribution in [2.45, 2.75) is 38.2 Å². The highest BCUT2D eigenvalue weighted by atomic mass is 16.5. The fourth-order valence-corrected chi connectivity index (χ4v) is 2.54. The van der Waals surface area contributed by atoms with Crippen molar-refractivity contribution in [2.75, 3.05) is 12.5 Å². The van der Waals surface area contributed by atoms with E-state index in [1.807, 2.05) is 0 Å². The molecule has 0 aromatic carbocycles. The predicted molar refractivity (Wildman–Crippen MR) is 66.2 cm³/mol. The van der Waals surface area contributed by atoms with Crippen LogP contribution < -0.4 is 11.3 Å². The Morgan fingerprint density at radius 2 is 2.18 bits per heavy atom. The van der Waals surface area contributed by atoms with Gasteiger partial charge in [-0.1, -0.05) is 19.3 Å². The first kappa shape index (κ1) is 12.3. The standard InChI is InChI=1S/C12H20N4O/c1-17-11(9-5-3-2-4-6-9)12-14-8-7-10(15-12)16-13/h7-9,11H,2-6,13H2,1H3,(H,14,15,16). The van der Waals surface area contributed by atoms with Crippen molar-refractivity contribution in [2.24, 2.45) is 11.8 Å². The molecule has 1 aromatic rings. The summed E-state index contributed by atoms with van der Waals surface area (Å²) in [5, 5.41) is 0. The highest BCUT2D eigenvalue weighted by molar-refractivity contribution is 5.31. The zero-order chi connectivity index (χ0) is 12.1. The molecular weight excluding hydrogens is 216 g/mol. The Labute approximate surface area is 102 Å². The Morgan fingerprint density at radius 1 is 1.41 bits per heavy atom. The van der Waals surface area contributed by atoms with Crippen LogP contribution in [0, 0.1) is 5.92 Å². The molecule has 1 fully saturated rings. The Kier molecular flexibility index (Phi) is 4.28. The van der Waals surface area contributed by atoms with Crippen molar-refractivity contribution in [3.05, 3.63) is 18.1 Å². The number of nitrogen functional groups attached to an aromatic ring is 1. The number of hydrogen-bond acceptors (Lipinski definition) is 5. The van der Waals surface area contributed by atoms with Gasteiger partial charge in [0.05, 0.1) is 0 Å². The van der Waals surface area contributed by atoms with E-state index >= 15 is 0 Å². The molecule has 0 spiro atoms. The average Bonchev–Trinajstić information content (AvgIpc) is 2.41. The first-order valence-corrected chi connectivity index (χ1v) is 6.17. The Morgan fingerprint density at radius 3 is 2.82 bits per heavy atom. The van der Waals surface area contributed by atoms with Crippen molar-refractivity contribution in [1.82, 2.24) is 9.97 Å². The lowest BCUT2D eigenvalue weighted by molar-refractivity contribution is 0.0290. The highest BCUT2D eigenvalue weighted by Crippen LogP contribution is 2.35. The van der Waals surface area contributed by atoms with Crippen LogP contribution >= 0.6 is 0 Å². The van der Waals surface area contributed by atoms with Crippen LogP contribution in [0.15, 0.2) is 12.3 Å². The lowest BCUT2D eigenvalue weighted by atomic mass is 9.85. The molecule has 0 amide bonds. The monoisotopic (exact) mass is 236 g/mol. The van der Waals surface area contributed by atoms with Gasteiger partial charge in [-0.15, -0.1) is 0 Å². The third-order valence-electron chi connectivity index (χ3n) is 3.41. The topological polar surface area (TPSA) is 73.1 Å². The van der Waals surface area contributed by atoms with E-state index < -0.39 is 0 Å². The molecule has 1 saturated carbocycles. The molecule has 1 aliphatic rings. The van der Waals surface area contributed by atoms with Gasteiger partial charge < -0.3 is 10.2 Å². The van der Waals surface area contributed by atoms with Crippen LogP contribution in [0.1, 0.15) is 44.0 Å². The summed E-state index contributed by atoms with van der Waals surface area (Å²) in [7, 11) is 1.73. The van der Waals surface area contributed by atoms with Gasteiger partial charge in [-0.3, -0.25) is 0 Å². The van der Waals surface area contributed by atoms with Gasteiger partial charge >= 0.3 is 0 Å². The molecule has 5 nitrogen and oxygen atoms in total. The van der Waals surface area contributed by atoms with E-state index in [4.69, 9.17) is 10.6 Å². The lowest BCUT2D eigenvalue weighted by Crippen LogP contribution is -2.21. The summed E-state index contributed by atoms with van der Waals surface area (Å²) in [6.07, 6.45) is 7.98. The number of ether oxygens (including phenoxy) is 1. The second kappa shape index (κ2) is 5.93. The third-order valence-corrected chi connectivity index (χ3v) is 3.41. The highest BCUT2D eigenvalue weighted by Gasteiger charge is 2.27. The fourth-order valence-electron chi connectivity index (χ4n) is 2.54. The first-order valence-electron chi connectivity index (χ1n) is 6.17. The minimum absolute atomic E-state index is 0.0106. The summed E-state index contributed by atoms with van der Waals surface area (Å²) in [5.74, 6) is 7.25. The summed E-state index contributed by atoms with van der Waals surface area (Å²) >= 11 is 0. The van der Waals surface area contributed by atoms with Crippen LogP contribution in [0.25, 0.3) is 0 Å². The van der Waals surface area contributed by atoms with Gasteiger partial charge in [0.25, 0.3) is 0 Å². The van der Waals surface area contributed by atoms with E-state index in [1.165, 1.54) is 32.1 Å². The third kappa shape index (κ3) is 2.92. The number of anilines is 1.